The van der Waals surface area contributed by atoms with E-state index >= 15 is 0 Å². The lowest BCUT2D eigenvalue weighted by molar-refractivity contribution is 0.0613. The molecule has 3 aliphatic rings. The summed E-state index contributed by atoms with van der Waals surface area (Å²) in [4.78, 5) is 0. The van der Waals surface area contributed by atoms with Crippen LogP contribution in [0.1, 0.15) is 121 Å². The lowest BCUT2D eigenvalue weighted by Gasteiger charge is -2.45. The Morgan fingerprint density at radius 2 is 1.39 bits per heavy atom. The first-order valence-corrected chi connectivity index (χ1v) is 14.6. The van der Waals surface area contributed by atoms with E-state index in [0.717, 1.165) is 41.3 Å². The molecule has 1 aromatic carbocycles. The summed E-state index contributed by atoms with van der Waals surface area (Å²) in [5.41, 5.74) is 1.52. The van der Waals surface area contributed by atoms with Crippen molar-refractivity contribution in [1.29, 1.82) is 0 Å². The predicted octanol–water partition coefficient (Wildman–Crippen LogP) is 9.72. The predicted molar refractivity (Wildman–Crippen MR) is 142 cm³/mol. The van der Waals surface area contributed by atoms with E-state index in [1.54, 1.807) is 32.1 Å². The standard InChI is InChI=1S/C32H50O/c1-3-5-6-7-8-9-25-10-11-31-24-30(17-16-29(31)23-25)28-14-12-26(13-15-28)27-18-20-32(21-19-27)33-22-4-2/h4,18-21,25-26,28-31H,2-3,5-17,22-24H2,1H3. The van der Waals surface area contributed by atoms with Crippen molar-refractivity contribution >= 4 is 0 Å². The van der Waals surface area contributed by atoms with Gasteiger partial charge in [0.25, 0.3) is 0 Å². The van der Waals surface area contributed by atoms with Gasteiger partial charge in [-0.15, -0.1) is 0 Å². The third-order valence-corrected chi connectivity index (χ3v) is 9.64. The van der Waals surface area contributed by atoms with Crippen LogP contribution in [0.25, 0.3) is 0 Å². The van der Waals surface area contributed by atoms with Gasteiger partial charge in [0.05, 0.1) is 0 Å². The van der Waals surface area contributed by atoms with E-state index in [9.17, 15) is 0 Å². The Kier molecular flexibility index (Phi) is 9.81. The molecule has 0 bridgehead atoms. The largest absolute Gasteiger partial charge is 0.490 e. The van der Waals surface area contributed by atoms with Crippen molar-refractivity contribution in [3.8, 4) is 5.75 Å². The third kappa shape index (κ3) is 7.12. The van der Waals surface area contributed by atoms with Crippen LogP contribution in [0.15, 0.2) is 36.9 Å². The first kappa shape index (κ1) is 24.9. The lowest BCUT2D eigenvalue weighted by Crippen LogP contribution is -2.34. The zero-order valence-electron chi connectivity index (χ0n) is 21.5. The summed E-state index contributed by atoms with van der Waals surface area (Å²) in [6.07, 6.45) is 25.6. The van der Waals surface area contributed by atoms with E-state index < -0.39 is 0 Å². The zero-order chi connectivity index (χ0) is 22.9. The lowest BCUT2D eigenvalue weighted by atomic mass is 9.60. The summed E-state index contributed by atoms with van der Waals surface area (Å²) >= 11 is 0. The summed E-state index contributed by atoms with van der Waals surface area (Å²) in [6.45, 7) is 6.65. The minimum absolute atomic E-state index is 0.591. The number of fused-ring (bicyclic) bond motifs is 1. The van der Waals surface area contributed by atoms with Crippen LogP contribution < -0.4 is 4.74 Å². The highest BCUT2D eigenvalue weighted by molar-refractivity contribution is 5.29. The summed E-state index contributed by atoms with van der Waals surface area (Å²) < 4.78 is 5.66. The van der Waals surface area contributed by atoms with Gasteiger partial charge in [0.15, 0.2) is 0 Å². The van der Waals surface area contributed by atoms with E-state index in [1.807, 2.05) is 6.08 Å². The third-order valence-electron chi connectivity index (χ3n) is 9.64. The first-order chi connectivity index (χ1) is 16.3. The Hall–Kier alpha value is -1.24. The Bertz CT molecular complexity index is 683. The molecule has 0 radical (unpaired) electrons. The fourth-order valence-electron chi connectivity index (χ4n) is 7.66. The molecule has 0 saturated heterocycles. The molecule has 0 aromatic heterocycles. The molecule has 0 N–H and O–H groups in total. The number of ether oxygens (including phenoxy) is 1. The van der Waals surface area contributed by atoms with Gasteiger partial charge in [-0.3, -0.25) is 0 Å². The highest BCUT2D eigenvalue weighted by atomic mass is 16.5. The zero-order valence-corrected chi connectivity index (χ0v) is 21.5. The number of rotatable bonds is 11. The molecule has 0 spiro atoms. The van der Waals surface area contributed by atoms with Crippen LogP contribution in [-0.2, 0) is 0 Å². The van der Waals surface area contributed by atoms with Gasteiger partial charge in [-0.25, -0.2) is 0 Å². The van der Waals surface area contributed by atoms with E-state index in [1.165, 1.54) is 76.2 Å². The molecule has 4 rings (SSSR count). The van der Waals surface area contributed by atoms with Crippen LogP contribution in [-0.4, -0.2) is 6.61 Å². The van der Waals surface area contributed by atoms with Gasteiger partial charge < -0.3 is 4.74 Å². The molecular formula is C32H50O. The van der Waals surface area contributed by atoms with Crippen molar-refractivity contribution in [2.75, 3.05) is 6.61 Å². The molecular weight excluding hydrogens is 400 g/mol. The topological polar surface area (TPSA) is 9.23 Å². The molecule has 4 atom stereocenters. The smallest absolute Gasteiger partial charge is 0.119 e. The van der Waals surface area contributed by atoms with Crippen molar-refractivity contribution in [1.82, 2.24) is 0 Å². The molecule has 0 heterocycles. The van der Waals surface area contributed by atoms with Gasteiger partial charge in [-0.05, 0) is 111 Å². The molecule has 3 fully saturated rings. The number of benzene rings is 1. The number of hydrogen-bond acceptors (Lipinski definition) is 1. The van der Waals surface area contributed by atoms with Crippen LogP contribution in [0.3, 0.4) is 0 Å². The second-order valence-corrected chi connectivity index (χ2v) is 11.8. The molecule has 1 aromatic rings. The van der Waals surface area contributed by atoms with Gasteiger partial charge in [-0.2, -0.15) is 0 Å². The quantitative estimate of drug-likeness (QED) is 0.241. The Labute approximate surface area is 204 Å². The average molecular weight is 451 g/mol. The van der Waals surface area contributed by atoms with Gasteiger partial charge >= 0.3 is 0 Å². The number of hydrogen-bond donors (Lipinski definition) is 0. The molecule has 33 heavy (non-hydrogen) atoms. The maximum Gasteiger partial charge on any atom is 0.119 e. The van der Waals surface area contributed by atoms with Crippen molar-refractivity contribution in [3.63, 3.8) is 0 Å². The van der Waals surface area contributed by atoms with Crippen LogP contribution in [0.5, 0.6) is 5.75 Å². The summed E-state index contributed by atoms with van der Waals surface area (Å²) in [6, 6.07) is 8.90. The SMILES string of the molecule is C=CCOc1ccc(C2CCC(C3CCC4CC(CCCCCCC)CCC4C3)CC2)cc1. The van der Waals surface area contributed by atoms with Gasteiger partial charge in [0.2, 0.25) is 0 Å². The van der Waals surface area contributed by atoms with Gasteiger partial charge in [0, 0.05) is 0 Å². The molecule has 3 aliphatic carbocycles. The van der Waals surface area contributed by atoms with E-state index in [-0.39, 0.29) is 0 Å². The van der Waals surface area contributed by atoms with E-state index in [4.69, 9.17) is 4.74 Å². The normalized spacial score (nSPS) is 32.2. The molecule has 184 valence electrons. The Morgan fingerprint density at radius 3 is 2.12 bits per heavy atom. The fourth-order valence-corrected chi connectivity index (χ4v) is 7.66. The van der Waals surface area contributed by atoms with Crippen molar-refractivity contribution in [2.45, 2.75) is 116 Å². The Balaban J connectivity index is 1.17. The monoisotopic (exact) mass is 450 g/mol. The first-order valence-electron chi connectivity index (χ1n) is 14.6. The molecule has 1 nitrogen and oxygen atoms in total. The summed E-state index contributed by atoms with van der Waals surface area (Å²) in [5, 5.41) is 0. The van der Waals surface area contributed by atoms with Crippen LogP contribution in [0.2, 0.25) is 0 Å². The highest BCUT2D eigenvalue weighted by Crippen LogP contribution is 2.50. The molecule has 0 amide bonds. The molecule has 0 aliphatic heterocycles. The second-order valence-electron chi connectivity index (χ2n) is 11.8. The van der Waals surface area contributed by atoms with Crippen LogP contribution in [0.4, 0.5) is 0 Å². The second kappa shape index (κ2) is 13.0. The van der Waals surface area contributed by atoms with Crippen molar-refractivity contribution in [2.24, 2.45) is 29.6 Å². The minimum atomic E-state index is 0.591. The molecule has 3 saturated carbocycles. The van der Waals surface area contributed by atoms with Crippen molar-refractivity contribution in [3.05, 3.63) is 42.5 Å². The van der Waals surface area contributed by atoms with Crippen LogP contribution in [0, 0.1) is 29.6 Å². The summed E-state index contributed by atoms with van der Waals surface area (Å²) in [7, 11) is 0. The van der Waals surface area contributed by atoms with Gasteiger partial charge in [0.1, 0.15) is 12.4 Å². The maximum absolute atomic E-state index is 5.66. The molecule has 4 unspecified atom stereocenters. The summed E-state index contributed by atoms with van der Waals surface area (Å²) in [5.74, 6) is 6.98. The van der Waals surface area contributed by atoms with Crippen molar-refractivity contribution < 1.29 is 4.74 Å². The average Bonchev–Trinajstić information content (AvgIpc) is 2.87. The highest BCUT2D eigenvalue weighted by Gasteiger charge is 2.38. The fraction of sp³-hybridized carbons (Fsp3) is 0.750. The molecule has 1 heteroatoms. The van der Waals surface area contributed by atoms with Crippen LogP contribution >= 0.6 is 0 Å². The number of unbranched alkanes of at least 4 members (excludes halogenated alkanes) is 4. The van der Waals surface area contributed by atoms with E-state index in [2.05, 4.69) is 37.8 Å². The Morgan fingerprint density at radius 1 is 0.758 bits per heavy atom. The van der Waals surface area contributed by atoms with E-state index in [0.29, 0.717) is 6.61 Å². The van der Waals surface area contributed by atoms with Gasteiger partial charge in [-0.1, -0.05) is 76.7 Å². The maximum atomic E-state index is 5.66. The minimum Gasteiger partial charge on any atom is -0.490 e.